The summed E-state index contributed by atoms with van der Waals surface area (Å²) in [6.45, 7) is 1.66. The molecule has 3 aromatic rings. The van der Waals surface area contributed by atoms with E-state index in [0.717, 1.165) is 21.7 Å². The molecule has 8 heteroatoms. The molecule has 4 nitrogen and oxygen atoms in total. The predicted octanol–water partition coefficient (Wildman–Crippen LogP) is 6.11. The minimum atomic E-state index is 0. The maximum atomic E-state index is 6.43. The van der Waals surface area contributed by atoms with Gasteiger partial charge in [-0.15, -0.1) is 24.8 Å². The number of methoxy groups -OCH3 is 1. The van der Waals surface area contributed by atoms with Gasteiger partial charge in [-0.3, -0.25) is 4.98 Å². The Bertz CT molecular complexity index is 895. The first-order valence-electron chi connectivity index (χ1n) is 8.49. The van der Waals surface area contributed by atoms with Crippen LogP contribution in [0.5, 0.6) is 11.5 Å². The Kier molecular flexibility index (Phi) is 11.2. The molecule has 156 valence electrons. The highest BCUT2D eigenvalue weighted by Crippen LogP contribution is 2.37. The third-order valence-electron chi connectivity index (χ3n) is 4.00. The number of nitrogens with one attached hydrogen (secondary N) is 1. The van der Waals surface area contributed by atoms with Gasteiger partial charge >= 0.3 is 0 Å². The SMILES string of the molecule is COc1cc(CNCc2ccccc2Cl)cc(Cl)c1OCc1cccnc1.Cl.Cl. The van der Waals surface area contributed by atoms with Crippen molar-refractivity contribution in [2.45, 2.75) is 19.7 Å². The van der Waals surface area contributed by atoms with Gasteiger partial charge in [0.15, 0.2) is 11.5 Å². The molecule has 1 N–H and O–H groups in total. The highest BCUT2D eigenvalue weighted by molar-refractivity contribution is 6.32. The van der Waals surface area contributed by atoms with Crippen molar-refractivity contribution >= 4 is 48.0 Å². The monoisotopic (exact) mass is 474 g/mol. The molecule has 1 heterocycles. The number of ether oxygens (including phenoxy) is 2. The van der Waals surface area contributed by atoms with Crippen molar-refractivity contribution in [3.05, 3.63) is 87.7 Å². The summed E-state index contributed by atoms with van der Waals surface area (Å²) in [6.07, 6.45) is 3.48. The second-order valence-corrected chi connectivity index (χ2v) is 6.77. The normalized spacial score (nSPS) is 9.90. The molecular formula is C21H22Cl4N2O2. The van der Waals surface area contributed by atoms with E-state index in [9.17, 15) is 0 Å². The minimum Gasteiger partial charge on any atom is -0.493 e. The van der Waals surface area contributed by atoms with Crippen LogP contribution in [0.25, 0.3) is 0 Å². The molecule has 0 unspecified atom stereocenters. The molecule has 0 saturated heterocycles. The van der Waals surface area contributed by atoms with Crippen LogP contribution in [-0.2, 0) is 19.7 Å². The lowest BCUT2D eigenvalue weighted by Crippen LogP contribution is -2.13. The summed E-state index contributed by atoms with van der Waals surface area (Å²) >= 11 is 12.6. The Hall–Kier alpha value is -1.69. The van der Waals surface area contributed by atoms with Crippen LogP contribution in [-0.4, -0.2) is 12.1 Å². The quantitative estimate of drug-likeness (QED) is 0.426. The third-order valence-corrected chi connectivity index (χ3v) is 4.65. The minimum absolute atomic E-state index is 0. The van der Waals surface area contributed by atoms with Gasteiger partial charge in [0.25, 0.3) is 0 Å². The van der Waals surface area contributed by atoms with Crippen LogP contribution in [0, 0.1) is 0 Å². The van der Waals surface area contributed by atoms with Crippen molar-refractivity contribution in [1.82, 2.24) is 10.3 Å². The highest BCUT2D eigenvalue weighted by atomic mass is 35.5. The van der Waals surface area contributed by atoms with Gasteiger partial charge in [-0.1, -0.05) is 47.5 Å². The summed E-state index contributed by atoms with van der Waals surface area (Å²) < 4.78 is 11.3. The fourth-order valence-corrected chi connectivity index (χ4v) is 3.13. The molecule has 29 heavy (non-hydrogen) atoms. The first kappa shape index (κ1) is 25.3. The molecule has 0 fully saturated rings. The van der Waals surface area contributed by atoms with Crippen LogP contribution in [0.3, 0.4) is 0 Å². The summed E-state index contributed by atoms with van der Waals surface area (Å²) in [5.74, 6) is 1.12. The average Bonchev–Trinajstić information content (AvgIpc) is 2.69. The lowest BCUT2D eigenvalue weighted by molar-refractivity contribution is 0.284. The Morgan fingerprint density at radius 3 is 2.41 bits per heavy atom. The first-order chi connectivity index (χ1) is 13.2. The van der Waals surface area contributed by atoms with Gasteiger partial charge in [-0.05, 0) is 35.4 Å². The summed E-state index contributed by atoms with van der Waals surface area (Å²) in [4.78, 5) is 4.08. The van der Waals surface area contributed by atoms with Gasteiger partial charge in [0.2, 0.25) is 0 Å². The molecule has 0 radical (unpaired) electrons. The fraction of sp³-hybridized carbons (Fsp3) is 0.190. The summed E-state index contributed by atoms with van der Waals surface area (Å²) in [5.41, 5.74) is 3.01. The van der Waals surface area contributed by atoms with E-state index < -0.39 is 0 Å². The molecule has 0 aliphatic heterocycles. The van der Waals surface area contributed by atoms with Gasteiger partial charge in [-0.2, -0.15) is 0 Å². The Morgan fingerprint density at radius 2 is 1.72 bits per heavy atom. The van der Waals surface area contributed by atoms with Crippen molar-refractivity contribution in [2.75, 3.05) is 7.11 Å². The van der Waals surface area contributed by atoms with Crippen LogP contribution < -0.4 is 14.8 Å². The van der Waals surface area contributed by atoms with E-state index in [4.69, 9.17) is 32.7 Å². The van der Waals surface area contributed by atoms with Gasteiger partial charge in [0, 0.05) is 36.1 Å². The van der Waals surface area contributed by atoms with E-state index in [0.29, 0.717) is 36.2 Å². The number of benzene rings is 2. The van der Waals surface area contributed by atoms with Crippen molar-refractivity contribution in [3.8, 4) is 11.5 Å². The molecule has 0 amide bonds. The van der Waals surface area contributed by atoms with Crippen LogP contribution >= 0.6 is 48.0 Å². The Balaban J connectivity index is 0.00000210. The summed E-state index contributed by atoms with van der Waals surface area (Å²) in [5, 5.41) is 4.62. The lowest BCUT2D eigenvalue weighted by atomic mass is 10.1. The number of halogens is 4. The van der Waals surface area contributed by atoms with E-state index >= 15 is 0 Å². The van der Waals surface area contributed by atoms with E-state index in [2.05, 4.69) is 10.3 Å². The van der Waals surface area contributed by atoms with E-state index in [-0.39, 0.29) is 24.8 Å². The Morgan fingerprint density at radius 1 is 0.931 bits per heavy atom. The number of pyridine rings is 1. The lowest BCUT2D eigenvalue weighted by Gasteiger charge is -2.15. The molecule has 0 saturated carbocycles. The molecule has 0 aliphatic rings. The van der Waals surface area contributed by atoms with Crippen LogP contribution in [0.1, 0.15) is 16.7 Å². The molecule has 0 atom stereocenters. The average molecular weight is 476 g/mol. The van der Waals surface area contributed by atoms with Crippen LogP contribution in [0.4, 0.5) is 0 Å². The number of hydrogen-bond acceptors (Lipinski definition) is 4. The second kappa shape index (κ2) is 12.8. The fourth-order valence-electron chi connectivity index (χ4n) is 2.64. The number of rotatable bonds is 8. The van der Waals surface area contributed by atoms with Crippen molar-refractivity contribution in [2.24, 2.45) is 0 Å². The van der Waals surface area contributed by atoms with E-state index in [1.807, 2.05) is 48.5 Å². The molecule has 1 aromatic heterocycles. The zero-order chi connectivity index (χ0) is 19.1. The largest absolute Gasteiger partial charge is 0.493 e. The zero-order valence-electron chi connectivity index (χ0n) is 15.7. The maximum absolute atomic E-state index is 6.43. The second-order valence-electron chi connectivity index (χ2n) is 5.95. The van der Waals surface area contributed by atoms with Gasteiger partial charge < -0.3 is 14.8 Å². The van der Waals surface area contributed by atoms with Crippen molar-refractivity contribution < 1.29 is 9.47 Å². The topological polar surface area (TPSA) is 43.4 Å². The smallest absolute Gasteiger partial charge is 0.180 e. The van der Waals surface area contributed by atoms with Gasteiger partial charge in [0.05, 0.1) is 12.1 Å². The molecular weight excluding hydrogens is 454 g/mol. The highest BCUT2D eigenvalue weighted by Gasteiger charge is 2.12. The zero-order valence-corrected chi connectivity index (χ0v) is 18.9. The number of nitrogens with zero attached hydrogens (tertiary/aromatic N) is 1. The van der Waals surface area contributed by atoms with E-state index in [1.165, 1.54) is 0 Å². The first-order valence-corrected chi connectivity index (χ1v) is 9.25. The van der Waals surface area contributed by atoms with Crippen molar-refractivity contribution in [3.63, 3.8) is 0 Å². The number of hydrogen-bond donors (Lipinski definition) is 1. The van der Waals surface area contributed by atoms with Crippen LogP contribution in [0.2, 0.25) is 10.0 Å². The van der Waals surface area contributed by atoms with Gasteiger partial charge in [-0.25, -0.2) is 0 Å². The molecule has 0 bridgehead atoms. The molecule has 2 aromatic carbocycles. The standard InChI is InChI=1S/C21H20Cl2N2O2.2ClH/c1-26-20-10-16(12-25-13-17-6-2-3-7-18(17)22)9-19(23)21(20)27-14-15-5-4-8-24-11-15;;/h2-11,25H,12-14H2,1H3;2*1H. The molecule has 0 aliphatic carbocycles. The van der Waals surface area contributed by atoms with Gasteiger partial charge in [0.1, 0.15) is 6.61 Å². The Labute approximate surface area is 193 Å². The predicted molar refractivity (Wildman–Crippen MR) is 123 cm³/mol. The van der Waals surface area contributed by atoms with E-state index in [1.54, 1.807) is 19.5 Å². The number of aromatic nitrogens is 1. The third kappa shape index (κ3) is 7.25. The van der Waals surface area contributed by atoms with Crippen molar-refractivity contribution in [1.29, 1.82) is 0 Å². The molecule has 0 spiro atoms. The summed E-state index contributed by atoms with van der Waals surface area (Å²) in [6, 6.07) is 15.4. The maximum Gasteiger partial charge on any atom is 0.180 e. The molecule has 3 rings (SSSR count). The summed E-state index contributed by atoms with van der Waals surface area (Å²) in [7, 11) is 1.60. The van der Waals surface area contributed by atoms with Crippen LogP contribution in [0.15, 0.2) is 60.9 Å².